The molecule has 3 heteroatoms. The summed E-state index contributed by atoms with van der Waals surface area (Å²) in [5.74, 6) is 0.619. The fourth-order valence-electron chi connectivity index (χ4n) is 2.83. The monoisotopic (exact) mass is 264 g/mol. The van der Waals surface area contributed by atoms with E-state index in [1.165, 1.54) is 24.8 Å². The summed E-state index contributed by atoms with van der Waals surface area (Å²) in [4.78, 5) is 2.41. The van der Waals surface area contributed by atoms with Crippen LogP contribution in [0.3, 0.4) is 0 Å². The van der Waals surface area contributed by atoms with Gasteiger partial charge in [-0.25, -0.2) is 4.39 Å². The molecule has 2 rings (SSSR count). The predicted molar refractivity (Wildman–Crippen MR) is 77.5 cm³/mol. The molecular formula is C16H25FN2. The van der Waals surface area contributed by atoms with Gasteiger partial charge in [0.05, 0.1) is 0 Å². The van der Waals surface area contributed by atoms with Crippen LogP contribution in [0.25, 0.3) is 0 Å². The second kappa shape index (κ2) is 7.01. The zero-order chi connectivity index (χ0) is 13.7. The third kappa shape index (κ3) is 4.02. The van der Waals surface area contributed by atoms with E-state index in [1.807, 2.05) is 12.1 Å². The Morgan fingerprint density at radius 1 is 1.26 bits per heavy atom. The van der Waals surface area contributed by atoms with Crippen molar-refractivity contribution >= 4 is 0 Å². The molecule has 19 heavy (non-hydrogen) atoms. The van der Waals surface area contributed by atoms with Crippen molar-refractivity contribution in [1.29, 1.82) is 0 Å². The van der Waals surface area contributed by atoms with Gasteiger partial charge in [-0.15, -0.1) is 0 Å². The maximum Gasteiger partial charge on any atom is 0.123 e. The molecule has 0 bridgehead atoms. The molecular weight excluding hydrogens is 239 g/mol. The van der Waals surface area contributed by atoms with Gasteiger partial charge in [0, 0.05) is 12.6 Å². The first-order chi connectivity index (χ1) is 9.20. The standard InChI is InChI=1S/C16H25FN2/c1-3-10-18-11-14-6-9-16(14)19(2)12-13-4-7-15(17)8-5-13/h4-5,7-8,14,16,18H,3,6,9-12H2,1-2H3. The summed E-state index contributed by atoms with van der Waals surface area (Å²) in [5, 5.41) is 3.52. The SMILES string of the molecule is CCCNCC1CCC1N(C)Cc1ccc(F)cc1. The van der Waals surface area contributed by atoms with Crippen LogP contribution in [0.4, 0.5) is 4.39 Å². The maximum atomic E-state index is 12.9. The number of nitrogens with one attached hydrogen (secondary N) is 1. The highest BCUT2D eigenvalue weighted by Crippen LogP contribution is 2.31. The molecule has 0 aromatic heterocycles. The number of hydrogen-bond acceptors (Lipinski definition) is 2. The van der Waals surface area contributed by atoms with E-state index in [2.05, 4.69) is 24.2 Å². The van der Waals surface area contributed by atoms with Gasteiger partial charge in [-0.1, -0.05) is 19.1 Å². The van der Waals surface area contributed by atoms with E-state index >= 15 is 0 Å². The minimum atomic E-state index is -0.156. The summed E-state index contributed by atoms with van der Waals surface area (Å²) < 4.78 is 12.9. The first-order valence-electron chi connectivity index (χ1n) is 7.36. The molecule has 1 aromatic carbocycles. The van der Waals surface area contributed by atoms with Gasteiger partial charge in [-0.2, -0.15) is 0 Å². The van der Waals surface area contributed by atoms with Crippen molar-refractivity contribution in [3.63, 3.8) is 0 Å². The normalized spacial score (nSPS) is 22.5. The topological polar surface area (TPSA) is 15.3 Å². The van der Waals surface area contributed by atoms with E-state index in [1.54, 1.807) is 12.1 Å². The Morgan fingerprint density at radius 2 is 2.00 bits per heavy atom. The van der Waals surface area contributed by atoms with Crippen molar-refractivity contribution < 1.29 is 4.39 Å². The summed E-state index contributed by atoms with van der Waals surface area (Å²) in [7, 11) is 2.18. The highest BCUT2D eigenvalue weighted by Gasteiger charge is 2.33. The van der Waals surface area contributed by atoms with Gasteiger partial charge in [0.1, 0.15) is 5.82 Å². The highest BCUT2D eigenvalue weighted by molar-refractivity contribution is 5.16. The smallest absolute Gasteiger partial charge is 0.123 e. The highest BCUT2D eigenvalue weighted by atomic mass is 19.1. The number of hydrogen-bond donors (Lipinski definition) is 1. The maximum absolute atomic E-state index is 12.9. The molecule has 1 aromatic rings. The Balaban J connectivity index is 1.79. The molecule has 2 nitrogen and oxygen atoms in total. The zero-order valence-electron chi connectivity index (χ0n) is 12.0. The Hall–Kier alpha value is -0.930. The van der Waals surface area contributed by atoms with Crippen molar-refractivity contribution in [3.8, 4) is 0 Å². The Labute approximate surface area is 116 Å². The lowest BCUT2D eigenvalue weighted by Crippen LogP contribution is -2.48. The molecule has 1 aliphatic rings. The van der Waals surface area contributed by atoms with Gasteiger partial charge >= 0.3 is 0 Å². The average Bonchev–Trinajstić information content (AvgIpc) is 2.36. The fourth-order valence-corrected chi connectivity index (χ4v) is 2.83. The van der Waals surface area contributed by atoms with Gasteiger partial charge in [-0.3, -0.25) is 4.90 Å². The van der Waals surface area contributed by atoms with Crippen molar-refractivity contribution in [1.82, 2.24) is 10.2 Å². The third-order valence-corrected chi connectivity index (χ3v) is 4.12. The molecule has 2 atom stereocenters. The van der Waals surface area contributed by atoms with E-state index in [0.29, 0.717) is 6.04 Å². The molecule has 2 unspecified atom stereocenters. The van der Waals surface area contributed by atoms with Gasteiger partial charge in [-0.05, 0) is 63.0 Å². The van der Waals surface area contributed by atoms with E-state index < -0.39 is 0 Å². The number of nitrogens with zero attached hydrogens (tertiary/aromatic N) is 1. The Morgan fingerprint density at radius 3 is 2.58 bits per heavy atom. The van der Waals surface area contributed by atoms with E-state index in [4.69, 9.17) is 0 Å². The van der Waals surface area contributed by atoms with Crippen LogP contribution >= 0.6 is 0 Å². The quantitative estimate of drug-likeness (QED) is 0.762. The molecule has 0 heterocycles. The summed E-state index contributed by atoms with van der Waals surface area (Å²) in [6.07, 6.45) is 3.81. The molecule has 106 valence electrons. The van der Waals surface area contributed by atoms with Gasteiger partial charge in [0.15, 0.2) is 0 Å². The third-order valence-electron chi connectivity index (χ3n) is 4.12. The van der Waals surface area contributed by atoms with Gasteiger partial charge in [0.2, 0.25) is 0 Å². The van der Waals surface area contributed by atoms with Crippen LogP contribution < -0.4 is 5.32 Å². The number of rotatable bonds is 7. The second-order valence-electron chi connectivity index (χ2n) is 5.65. The van der Waals surface area contributed by atoms with Crippen molar-refractivity contribution in [2.45, 2.75) is 38.8 Å². The number of benzene rings is 1. The van der Waals surface area contributed by atoms with Crippen LogP contribution in [0.1, 0.15) is 31.7 Å². The molecule has 0 saturated heterocycles. The predicted octanol–water partition coefficient (Wildman–Crippen LogP) is 3.04. The largest absolute Gasteiger partial charge is 0.316 e. The number of halogens is 1. The first kappa shape index (κ1) is 14.5. The zero-order valence-corrected chi connectivity index (χ0v) is 12.0. The van der Waals surface area contributed by atoms with Crippen LogP contribution in [0.15, 0.2) is 24.3 Å². The molecule has 0 radical (unpaired) electrons. The van der Waals surface area contributed by atoms with Crippen molar-refractivity contribution in [3.05, 3.63) is 35.6 Å². The summed E-state index contributed by atoms with van der Waals surface area (Å²) in [6, 6.07) is 7.53. The molecule has 1 saturated carbocycles. The van der Waals surface area contributed by atoms with E-state index in [9.17, 15) is 4.39 Å². The van der Waals surface area contributed by atoms with Gasteiger partial charge < -0.3 is 5.32 Å². The Bertz CT molecular complexity index is 377. The lowest BCUT2D eigenvalue weighted by molar-refractivity contribution is 0.0782. The van der Waals surface area contributed by atoms with Crippen LogP contribution in [0.5, 0.6) is 0 Å². The van der Waals surface area contributed by atoms with Crippen molar-refractivity contribution in [2.75, 3.05) is 20.1 Å². The van der Waals surface area contributed by atoms with Crippen LogP contribution in [-0.4, -0.2) is 31.1 Å². The first-order valence-corrected chi connectivity index (χ1v) is 7.36. The molecule has 1 fully saturated rings. The molecule has 0 amide bonds. The molecule has 0 aliphatic heterocycles. The Kier molecular flexibility index (Phi) is 5.34. The van der Waals surface area contributed by atoms with Crippen LogP contribution in [0.2, 0.25) is 0 Å². The summed E-state index contributed by atoms with van der Waals surface area (Å²) >= 11 is 0. The summed E-state index contributed by atoms with van der Waals surface area (Å²) in [6.45, 7) is 5.36. The van der Waals surface area contributed by atoms with Crippen molar-refractivity contribution in [2.24, 2.45) is 5.92 Å². The average molecular weight is 264 g/mol. The van der Waals surface area contributed by atoms with Crippen LogP contribution in [-0.2, 0) is 6.54 Å². The van der Waals surface area contributed by atoms with E-state index in [0.717, 1.165) is 25.6 Å². The second-order valence-corrected chi connectivity index (χ2v) is 5.65. The lowest BCUT2D eigenvalue weighted by atomic mass is 9.78. The fraction of sp³-hybridized carbons (Fsp3) is 0.625. The minimum Gasteiger partial charge on any atom is -0.316 e. The molecule has 1 N–H and O–H groups in total. The van der Waals surface area contributed by atoms with Crippen LogP contribution in [0, 0.1) is 11.7 Å². The van der Waals surface area contributed by atoms with E-state index in [-0.39, 0.29) is 5.82 Å². The minimum absolute atomic E-state index is 0.156. The molecule has 1 aliphatic carbocycles. The molecule has 0 spiro atoms. The summed E-state index contributed by atoms with van der Waals surface area (Å²) in [5.41, 5.74) is 1.19. The van der Waals surface area contributed by atoms with Gasteiger partial charge in [0.25, 0.3) is 0 Å². The lowest BCUT2D eigenvalue weighted by Gasteiger charge is -2.43.